The van der Waals surface area contributed by atoms with Crippen molar-refractivity contribution in [3.8, 4) is 0 Å². The second-order valence-electron chi connectivity index (χ2n) is 4.26. The van der Waals surface area contributed by atoms with E-state index in [1.54, 1.807) is 0 Å². The van der Waals surface area contributed by atoms with Gasteiger partial charge in [0, 0.05) is 38.3 Å². The maximum absolute atomic E-state index is 9.62. The van der Waals surface area contributed by atoms with E-state index in [2.05, 4.69) is 23.6 Å². The first-order chi connectivity index (χ1) is 5.66. The van der Waals surface area contributed by atoms with E-state index in [-0.39, 0.29) is 6.10 Å². The minimum Gasteiger partial charge on any atom is -0.390 e. The summed E-state index contributed by atoms with van der Waals surface area (Å²) < 4.78 is 0. The van der Waals surface area contributed by atoms with Gasteiger partial charge in [-0.15, -0.1) is 0 Å². The fraction of sp³-hybridized carbons (Fsp3) is 1.00. The fourth-order valence-electron chi connectivity index (χ4n) is 2.38. The van der Waals surface area contributed by atoms with Gasteiger partial charge in [-0.2, -0.15) is 0 Å². The lowest BCUT2D eigenvalue weighted by molar-refractivity contribution is 0.0803. The molecule has 4 atom stereocenters. The van der Waals surface area contributed by atoms with Gasteiger partial charge < -0.3 is 5.11 Å². The molecule has 2 bridgehead atoms. The van der Waals surface area contributed by atoms with Crippen molar-refractivity contribution >= 4 is 0 Å². The monoisotopic (exact) mass is 170 g/mol. The molecule has 3 fully saturated rings. The molecule has 0 radical (unpaired) electrons. The van der Waals surface area contributed by atoms with Crippen LogP contribution in [0.15, 0.2) is 0 Å². The average molecular weight is 170 g/mol. The number of hydrogen-bond donors (Lipinski definition) is 1. The van der Waals surface area contributed by atoms with E-state index >= 15 is 0 Å². The van der Waals surface area contributed by atoms with Gasteiger partial charge in [0.1, 0.15) is 0 Å². The van der Waals surface area contributed by atoms with Gasteiger partial charge in [0.2, 0.25) is 0 Å². The van der Waals surface area contributed by atoms with Crippen LogP contribution in [0, 0.1) is 0 Å². The summed E-state index contributed by atoms with van der Waals surface area (Å²) in [6, 6.07) is 1.25. The van der Waals surface area contributed by atoms with Gasteiger partial charge in [0.25, 0.3) is 0 Å². The van der Waals surface area contributed by atoms with E-state index in [1.807, 2.05) is 0 Å². The lowest BCUT2D eigenvalue weighted by Gasteiger charge is -2.39. The summed E-state index contributed by atoms with van der Waals surface area (Å²) in [7, 11) is 0. The molecule has 12 heavy (non-hydrogen) atoms. The molecule has 3 nitrogen and oxygen atoms in total. The molecule has 70 valence electrons. The van der Waals surface area contributed by atoms with Crippen molar-refractivity contribution in [3.05, 3.63) is 0 Å². The van der Waals surface area contributed by atoms with Gasteiger partial charge in [-0.3, -0.25) is 9.80 Å². The molecule has 1 N–H and O–H groups in total. The quantitative estimate of drug-likeness (QED) is 0.543. The first-order valence-corrected chi connectivity index (χ1v) is 4.83. The van der Waals surface area contributed by atoms with E-state index in [0.29, 0.717) is 12.1 Å². The molecule has 3 heterocycles. The van der Waals surface area contributed by atoms with E-state index in [1.165, 1.54) is 0 Å². The van der Waals surface area contributed by atoms with Crippen molar-refractivity contribution in [2.45, 2.75) is 32.0 Å². The Bertz CT molecular complexity index is 152. The topological polar surface area (TPSA) is 26.7 Å². The molecule has 0 aromatic rings. The standard InChI is InChI=1S/C9H18N2O/c1-7-3-11-6-9(12)5-10(7)4-8(11)2/h7-9,12H,3-6H2,1-2H3. The maximum atomic E-state index is 9.62. The summed E-state index contributed by atoms with van der Waals surface area (Å²) in [6.45, 7) is 8.47. The summed E-state index contributed by atoms with van der Waals surface area (Å²) in [6.07, 6.45) is -0.139. The highest BCUT2D eigenvalue weighted by molar-refractivity contribution is 4.90. The largest absolute Gasteiger partial charge is 0.390 e. The number of aliphatic hydroxyl groups is 1. The predicted octanol–water partition coefficient (Wildman–Crippen LogP) is -0.244. The number of nitrogens with zero attached hydrogens (tertiary/aromatic N) is 2. The van der Waals surface area contributed by atoms with Gasteiger partial charge in [-0.1, -0.05) is 0 Å². The molecular weight excluding hydrogens is 152 g/mol. The highest BCUT2D eigenvalue weighted by Gasteiger charge is 2.34. The third-order valence-corrected chi connectivity index (χ3v) is 3.13. The number of rotatable bonds is 0. The number of fused-ring (bicyclic) bond motifs is 4. The minimum atomic E-state index is -0.139. The Balaban J connectivity index is 2.14. The lowest BCUT2D eigenvalue weighted by atomic mass is 10.1. The van der Waals surface area contributed by atoms with Crippen molar-refractivity contribution in [2.24, 2.45) is 0 Å². The van der Waals surface area contributed by atoms with Crippen LogP contribution in [0.25, 0.3) is 0 Å². The van der Waals surface area contributed by atoms with Crippen molar-refractivity contribution in [1.82, 2.24) is 9.80 Å². The van der Waals surface area contributed by atoms with Crippen LogP contribution in [0.1, 0.15) is 13.8 Å². The zero-order chi connectivity index (χ0) is 8.72. The first kappa shape index (κ1) is 8.48. The lowest BCUT2D eigenvalue weighted by Crippen LogP contribution is -2.53. The van der Waals surface area contributed by atoms with Gasteiger partial charge in [0.05, 0.1) is 6.10 Å². The van der Waals surface area contributed by atoms with Crippen LogP contribution in [-0.4, -0.2) is 59.3 Å². The highest BCUT2D eigenvalue weighted by Crippen LogP contribution is 2.19. The molecule has 0 amide bonds. The SMILES string of the molecule is CC1CN2CC(O)CN1CC2C. The molecule has 0 aliphatic carbocycles. The molecule has 0 spiro atoms. The van der Waals surface area contributed by atoms with Crippen molar-refractivity contribution in [2.75, 3.05) is 26.2 Å². The van der Waals surface area contributed by atoms with Crippen LogP contribution in [0.2, 0.25) is 0 Å². The first-order valence-electron chi connectivity index (χ1n) is 4.83. The Hall–Kier alpha value is -0.120. The Labute approximate surface area is 74.0 Å². The van der Waals surface area contributed by atoms with E-state index in [4.69, 9.17) is 0 Å². The second kappa shape index (κ2) is 2.98. The number of aliphatic hydroxyl groups excluding tert-OH is 1. The van der Waals surface area contributed by atoms with Crippen molar-refractivity contribution in [1.29, 1.82) is 0 Å². The van der Waals surface area contributed by atoms with Gasteiger partial charge in [-0.25, -0.2) is 0 Å². The number of hydrogen-bond acceptors (Lipinski definition) is 3. The smallest absolute Gasteiger partial charge is 0.0794 e. The third kappa shape index (κ3) is 1.37. The van der Waals surface area contributed by atoms with Gasteiger partial charge >= 0.3 is 0 Å². The predicted molar refractivity (Wildman–Crippen MR) is 48.1 cm³/mol. The Morgan fingerprint density at radius 2 is 1.33 bits per heavy atom. The third-order valence-electron chi connectivity index (χ3n) is 3.13. The molecule has 0 saturated carbocycles. The normalized spacial score (nSPS) is 53.8. The van der Waals surface area contributed by atoms with Crippen LogP contribution < -0.4 is 0 Å². The minimum absolute atomic E-state index is 0.139. The number of piperazine rings is 1. The Kier molecular flexibility index (Phi) is 2.10. The second-order valence-corrected chi connectivity index (χ2v) is 4.26. The summed E-state index contributed by atoms with van der Waals surface area (Å²) >= 11 is 0. The van der Waals surface area contributed by atoms with Crippen LogP contribution in [0.5, 0.6) is 0 Å². The molecule has 3 aliphatic heterocycles. The van der Waals surface area contributed by atoms with Crippen LogP contribution >= 0.6 is 0 Å². The molecule has 0 aromatic heterocycles. The molecule has 3 saturated heterocycles. The molecule has 3 heteroatoms. The molecule has 3 aliphatic rings. The summed E-state index contributed by atoms with van der Waals surface area (Å²) in [5, 5.41) is 9.62. The molecular formula is C9H18N2O. The zero-order valence-corrected chi connectivity index (χ0v) is 7.90. The fourth-order valence-corrected chi connectivity index (χ4v) is 2.38. The summed E-state index contributed by atoms with van der Waals surface area (Å²) in [4.78, 5) is 4.80. The van der Waals surface area contributed by atoms with Crippen molar-refractivity contribution < 1.29 is 5.11 Å². The Morgan fingerprint density at radius 1 is 0.917 bits per heavy atom. The summed E-state index contributed by atoms with van der Waals surface area (Å²) in [5.41, 5.74) is 0. The molecule has 4 unspecified atom stereocenters. The molecule has 3 rings (SSSR count). The van der Waals surface area contributed by atoms with Gasteiger partial charge in [0.15, 0.2) is 0 Å². The van der Waals surface area contributed by atoms with Crippen LogP contribution in [-0.2, 0) is 0 Å². The summed E-state index contributed by atoms with van der Waals surface area (Å²) in [5.74, 6) is 0. The van der Waals surface area contributed by atoms with Crippen LogP contribution in [0.4, 0.5) is 0 Å². The van der Waals surface area contributed by atoms with Gasteiger partial charge in [-0.05, 0) is 13.8 Å². The zero-order valence-electron chi connectivity index (χ0n) is 7.90. The van der Waals surface area contributed by atoms with E-state index < -0.39 is 0 Å². The maximum Gasteiger partial charge on any atom is 0.0794 e. The molecule has 0 aromatic carbocycles. The van der Waals surface area contributed by atoms with Crippen LogP contribution in [0.3, 0.4) is 0 Å². The van der Waals surface area contributed by atoms with Crippen molar-refractivity contribution in [3.63, 3.8) is 0 Å². The van der Waals surface area contributed by atoms with E-state index in [9.17, 15) is 5.11 Å². The highest BCUT2D eigenvalue weighted by atomic mass is 16.3. The Morgan fingerprint density at radius 3 is 1.75 bits per heavy atom. The average Bonchev–Trinajstić information content (AvgIpc) is 2.17. The van der Waals surface area contributed by atoms with E-state index in [0.717, 1.165) is 26.2 Å².